The van der Waals surface area contributed by atoms with Crippen LogP contribution in [0.5, 0.6) is 0 Å². The standard InChI is InChI=1S/C9H10OS/c1-2-8(6-10)5-9-3-4-11-7-9/h3-7H,2H2,1H3/b8-5+. The summed E-state index contributed by atoms with van der Waals surface area (Å²) in [5.74, 6) is 0. The van der Waals surface area contributed by atoms with Crippen molar-refractivity contribution < 1.29 is 4.79 Å². The topological polar surface area (TPSA) is 17.1 Å². The van der Waals surface area contributed by atoms with Crippen LogP contribution in [-0.4, -0.2) is 6.29 Å². The van der Waals surface area contributed by atoms with E-state index in [2.05, 4.69) is 0 Å². The maximum atomic E-state index is 10.4. The zero-order valence-corrected chi connectivity index (χ0v) is 7.23. The summed E-state index contributed by atoms with van der Waals surface area (Å²) in [5.41, 5.74) is 1.97. The first-order valence-electron chi connectivity index (χ1n) is 3.54. The minimum atomic E-state index is 0.805. The highest BCUT2D eigenvalue weighted by Crippen LogP contribution is 2.11. The van der Waals surface area contributed by atoms with Gasteiger partial charge in [-0.3, -0.25) is 4.79 Å². The van der Waals surface area contributed by atoms with Gasteiger partial charge in [-0.1, -0.05) is 6.92 Å². The molecule has 0 N–H and O–H groups in total. The molecule has 58 valence electrons. The Morgan fingerprint density at radius 1 is 1.73 bits per heavy atom. The molecule has 0 fully saturated rings. The van der Waals surface area contributed by atoms with Crippen molar-refractivity contribution in [1.29, 1.82) is 0 Å². The largest absolute Gasteiger partial charge is 0.298 e. The zero-order valence-electron chi connectivity index (χ0n) is 6.41. The highest BCUT2D eigenvalue weighted by molar-refractivity contribution is 7.08. The van der Waals surface area contributed by atoms with Gasteiger partial charge in [-0.15, -0.1) is 0 Å². The Morgan fingerprint density at radius 2 is 2.55 bits per heavy atom. The third-order valence-corrected chi connectivity index (χ3v) is 2.16. The minimum Gasteiger partial charge on any atom is -0.298 e. The van der Waals surface area contributed by atoms with Crippen LogP contribution in [-0.2, 0) is 4.79 Å². The fourth-order valence-electron chi connectivity index (χ4n) is 0.791. The second-order valence-electron chi connectivity index (χ2n) is 2.25. The first-order valence-corrected chi connectivity index (χ1v) is 4.49. The van der Waals surface area contributed by atoms with Gasteiger partial charge in [-0.2, -0.15) is 11.3 Å². The van der Waals surface area contributed by atoms with Crippen LogP contribution < -0.4 is 0 Å². The molecule has 0 saturated heterocycles. The fourth-order valence-corrected chi connectivity index (χ4v) is 1.41. The van der Waals surface area contributed by atoms with Gasteiger partial charge in [-0.05, 0) is 40.5 Å². The molecule has 0 spiro atoms. The third-order valence-electron chi connectivity index (χ3n) is 1.45. The third kappa shape index (κ3) is 2.31. The van der Waals surface area contributed by atoms with Crippen LogP contribution in [0, 0.1) is 0 Å². The van der Waals surface area contributed by atoms with Crippen molar-refractivity contribution in [2.24, 2.45) is 0 Å². The van der Waals surface area contributed by atoms with Crippen LogP contribution in [0.4, 0.5) is 0 Å². The normalized spacial score (nSPS) is 11.5. The molecule has 0 aliphatic rings. The van der Waals surface area contributed by atoms with E-state index >= 15 is 0 Å². The molecule has 1 rings (SSSR count). The summed E-state index contributed by atoms with van der Waals surface area (Å²) in [6.07, 6.45) is 3.64. The van der Waals surface area contributed by atoms with Crippen LogP contribution in [0.1, 0.15) is 18.9 Å². The molecule has 0 unspecified atom stereocenters. The van der Waals surface area contributed by atoms with Gasteiger partial charge in [0.1, 0.15) is 6.29 Å². The van der Waals surface area contributed by atoms with E-state index in [9.17, 15) is 4.79 Å². The lowest BCUT2D eigenvalue weighted by atomic mass is 10.2. The molecule has 0 aromatic carbocycles. The fraction of sp³-hybridized carbons (Fsp3) is 0.222. The molecule has 0 aliphatic heterocycles. The van der Waals surface area contributed by atoms with Gasteiger partial charge in [0.05, 0.1) is 0 Å². The average Bonchev–Trinajstić information content (AvgIpc) is 2.52. The molecule has 0 atom stereocenters. The summed E-state index contributed by atoms with van der Waals surface area (Å²) in [6.45, 7) is 1.98. The number of hydrogen-bond acceptors (Lipinski definition) is 2. The molecule has 11 heavy (non-hydrogen) atoms. The highest BCUT2D eigenvalue weighted by Gasteiger charge is 1.91. The Labute approximate surface area is 70.4 Å². The van der Waals surface area contributed by atoms with E-state index in [0.29, 0.717) is 0 Å². The molecular formula is C9H10OS. The van der Waals surface area contributed by atoms with E-state index in [1.54, 1.807) is 11.3 Å². The lowest BCUT2D eigenvalue weighted by molar-refractivity contribution is -0.104. The number of carbonyl (C=O) groups is 1. The summed E-state index contributed by atoms with van der Waals surface area (Å²) in [4.78, 5) is 10.4. The van der Waals surface area contributed by atoms with Crippen molar-refractivity contribution in [2.75, 3.05) is 0 Å². The van der Waals surface area contributed by atoms with Gasteiger partial charge in [0.2, 0.25) is 0 Å². The van der Waals surface area contributed by atoms with Gasteiger partial charge in [0.25, 0.3) is 0 Å². The van der Waals surface area contributed by atoms with Crippen molar-refractivity contribution in [3.05, 3.63) is 28.0 Å². The second kappa shape index (κ2) is 4.09. The predicted octanol–water partition coefficient (Wildman–Crippen LogP) is 2.74. The van der Waals surface area contributed by atoms with Crippen LogP contribution in [0.25, 0.3) is 6.08 Å². The van der Waals surface area contributed by atoms with Crippen LogP contribution in [0.2, 0.25) is 0 Å². The molecule has 0 saturated carbocycles. The molecular weight excluding hydrogens is 156 g/mol. The number of carbonyl (C=O) groups excluding carboxylic acids is 1. The smallest absolute Gasteiger partial charge is 0.146 e. The number of thiophene rings is 1. The number of rotatable bonds is 3. The van der Waals surface area contributed by atoms with E-state index in [-0.39, 0.29) is 0 Å². The van der Waals surface area contributed by atoms with Crippen molar-refractivity contribution in [3.63, 3.8) is 0 Å². The van der Waals surface area contributed by atoms with E-state index in [4.69, 9.17) is 0 Å². The number of allylic oxidation sites excluding steroid dienone is 1. The quantitative estimate of drug-likeness (QED) is 0.498. The summed E-state index contributed by atoms with van der Waals surface area (Å²) in [7, 11) is 0. The molecule has 0 bridgehead atoms. The molecule has 1 nitrogen and oxygen atoms in total. The summed E-state index contributed by atoms with van der Waals surface area (Å²) in [5, 5.41) is 4.03. The first-order chi connectivity index (χ1) is 5.36. The molecule has 0 amide bonds. The van der Waals surface area contributed by atoms with E-state index < -0.39 is 0 Å². The minimum absolute atomic E-state index is 0.805. The van der Waals surface area contributed by atoms with E-state index in [1.165, 1.54) is 0 Å². The zero-order chi connectivity index (χ0) is 8.10. The van der Waals surface area contributed by atoms with Crippen molar-refractivity contribution >= 4 is 23.7 Å². The monoisotopic (exact) mass is 166 g/mol. The molecule has 0 aliphatic carbocycles. The Kier molecular flexibility index (Phi) is 3.05. The van der Waals surface area contributed by atoms with Crippen LogP contribution >= 0.6 is 11.3 Å². The highest BCUT2D eigenvalue weighted by atomic mass is 32.1. The van der Waals surface area contributed by atoms with Crippen LogP contribution in [0.3, 0.4) is 0 Å². The SMILES string of the molecule is CC/C(C=O)=C\c1ccsc1. The summed E-state index contributed by atoms with van der Waals surface area (Å²) >= 11 is 1.64. The van der Waals surface area contributed by atoms with Gasteiger partial charge in [0, 0.05) is 0 Å². The van der Waals surface area contributed by atoms with Crippen LogP contribution in [0.15, 0.2) is 22.4 Å². The Hall–Kier alpha value is -0.890. The molecule has 0 radical (unpaired) electrons. The molecule has 1 aromatic rings. The Balaban J connectivity index is 2.79. The van der Waals surface area contributed by atoms with Crippen molar-refractivity contribution in [1.82, 2.24) is 0 Å². The van der Waals surface area contributed by atoms with Gasteiger partial charge >= 0.3 is 0 Å². The van der Waals surface area contributed by atoms with Gasteiger partial charge in [0.15, 0.2) is 0 Å². The number of hydrogen-bond donors (Lipinski definition) is 0. The van der Waals surface area contributed by atoms with Gasteiger partial charge in [-0.25, -0.2) is 0 Å². The lowest BCUT2D eigenvalue weighted by Gasteiger charge is -1.89. The Morgan fingerprint density at radius 3 is 3.00 bits per heavy atom. The first kappa shape index (κ1) is 8.21. The maximum absolute atomic E-state index is 10.4. The predicted molar refractivity (Wildman–Crippen MR) is 48.7 cm³/mol. The Bertz CT molecular complexity index is 247. The second-order valence-corrected chi connectivity index (χ2v) is 3.03. The van der Waals surface area contributed by atoms with E-state index in [1.807, 2.05) is 29.8 Å². The molecule has 1 heterocycles. The summed E-state index contributed by atoms with van der Waals surface area (Å²) in [6, 6.07) is 2.00. The van der Waals surface area contributed by atoms with Gasteiger partial charge < -0.3 is 0 Å². The summed E-state index contributed by atoms with van der Waals surface area (Å²) < 4.78 is 0. The average molecular weight is 166 g/mol. The molecule has 1 aromatic heterocycles. The van der Waals surface area contributed by atoms with Crippen molar-refractivity contribution in [2.45, 2.75) is 13.3 Å². The maximum Gasteiger partial charge on any atom is 0.146 e. The number of aldehydes is 1. The van der Waals surface area contributed by atoms with E-state index in [0.717, 1.165) is 23.8 Å². The lowest BCUT2D eigenvalue weighted by Crippen LogP contribution is -1.79. The molecule has 2 heteroatoms. The van der Waals surface area contributed by atoms with Crippen molar-refractivity contribution in [3.8, 4) is 0 Å².